The van der Waals surface area contributed by atoms with Crippen LogP contribution >= 0.6 is 0 Å². The summed E-state index contributed by atoms with van der Waals surface area (Å²) in [6.07, 6.45) is 7.10. The van der Waals surface area contributed by atoms with Gasteiger partial charge in [-0.1, -0.05) is 13.3 Å². The van der Waals surface area contributed by atoms with Gasteiger partial charge in [0.05, 0.1) is 11.7 Å². The lowest BCUT2D eigenvalue weighted by Gasteiger charge is -2.49. The van der Waals surface area contributed by atoms with Gasteiger partial charge < -0.3 is 9.84 Å². The predicted octanol–water partition coefficient (Wildman–Crippen LogP) is 2.74. The first-order valence-corrected chi connectivity index (χ1v) is 6.49. The minimum absolute atomic E-state index is 0.157. The van der Waals surface area contributed by atoms with E-state index in [9.17, 15) is 5.11 Å². The van der Waals surface area contributed by atoms with Crippen molar-refractivity contribution in [3.8, 4) is 0 Å². The SMILES string of the molecule is CCC(C(C)O)C1CCOC2(CCC2)C1. The van der Waals surface area contributed by atoms with E-state index < -0.39 is 0 Å². The van der Waals surface area contributed by atoms with Crippen LogP contribution in [0.15, 0.2) is 0 Å². The number of aliphatic hydroxyl groups excluding tert-OH is 1. The first kappa shape index (κ1) is 11.4. The number of aliphatic hydroxyl groups is 1. The van der Waals surface area contributed by atoms with Crippen molar-refractivity contribution < 1.29 is 9.84 Å². The Morgan fingerprint density at radius 1 is 1.47 bits per heavy atom. The zero-order valence-corrected chi connectivity index (χ0v) is 10.0. The molecule has 1 aliphatic carbocycles. The van der Waals surface area contributed by atoms with Crippen LogP contribution in [-0.2, 0) is 4.74 Å². The van der Waals surface area contributed by atoms with Gasteiger partial charge in [0.15, 0.2) is 0 Å². The van der Waals surface area contributed by atoms with Crippen molar-refractivity contribution in [2.45, 2.75) is 64.1 Å². The summed E-state index contributed by atoms with van der Waals surface area (Å²) in [6.45, 7) is 5.05. The summed E-state index contributed by atoms with van der Waals surface area (Å²) in [6, 6.07) is 0. The second kappa shape index (κ2) is 4.42. The molecule has 0 radical (unpaired) electrons. The summed E-state index contributed by atoms with van der Waals surface area (Å²) in [5, 5.41) is 9.78. The molecule has 0 aromatic heterocycles. The highest BCUT2D eigenvalue weighted by atomic mass is 16.5. The van der Waals surface area contributed by atoms with Gasteiger partial charge in [-0.25, -0.2) is 0 Å². The fourth-order valence-electron chi connectivity index (χ4n) is 3.42. The minimum Gasteiger partial charge on any atom is -0.393 e. The molecule has 2 heteroatoms. The number of rotatable bonds is 3. The van der Waals surface area contributed by atoms with Gasteiger partial charge in [-0.15, -0.1) is 0 Å². The van der Waals surface area contributed by atoms with Gasteiger partial charge in [-0.2, -0.15) is 0 Å². The van der Waals surface area contributed by atoms with Gasteiger partial charge in [-0.05, 0) is 50.9 Å². The van der Waals surface area contributed by atoms with E-state index in [0.29, 0.717) is 11.8 Å². The van der Waals surface area contributed by atoms with Crippen LogP contribution in [0.3, 0.4) is 0 Å². The van der Waals surface area contributed by atoms with Crippen molar-refractivity contribution in [2.24, 2.45) is 11.8 Å². The molecule has 88 valence electrons. The van der Waals surface area contributed by atoms with Crippen molar-refractivity contribution in [1.82, 2.24) is 0 Å². The average molecular weight is 212 g/mol. The van der Waals surface area contributed by atoms with E-state index in [-0.39, 0.29) is 11.7 Å². The maximum absolute atomic E-state index is 9.78. The Kier molecular flexibility index (Phi) is 3.36. The Hall–Kier alpha value is -0.0800. The fraction of sp³-hybridized carbons (Fsp3) is 1.00. The van der Waals surface area contributed by atoms with Gasteiger partial charge in [0, 0.05) is 6.61 Å². The molecule has 15 heavy (non-hydrogen) atoms. The lowest BCUT2D eigenvalue weighted by atomic mass is 9.68. The smallest absolute Gasteiger partial charge is 0.0685 e. The molecule has 3 unspecified atom stereocenters. The summed E-state index contributed by atoms with van der Waals surface area (Å²) in [5.74, 6) is 1.16. The number of hydrogen-bond donors (Lipinski definition) is 1. The molecule has 0 bridgehead atoms. The third-order valence-electron chi connectivity index (χ3n) is 4.49. The van der Waals surface area contributed by atoms with Crippen molar-refractivity contribution in [2.75, 3.05) is 6.61 Å². The Morgan fingerprint density at radius 3 is 2.67 bits per heavy atom. The van der Waals surface area contributed by atoms with Crippen LogP contribution in [0.5, 0.6) is 0 Å². The van der Waals surface area contributed by atoms with Crippen LogP contribution < -0.4 is 0 Å². The monoisotopic (exact) mass is 212 g/mol. The molecule has 1 N–H and O–H groups in total. The van der Waals surface area contributed by atoms with Gasteiger partial charge in [-0.3, -0.25) is 0 Å². The molecule has 0 aromatic carbocycles. The third-order valence-corrected chi connectivity index (χ3v) is 4.49. The highest BCUT2D eigenvalue weighted by Crippen LogP contribution is 2.46. The summed E-state index contributed by atoms with van der Waals surface area (Å²) in [7, 11) is 0. The van der Waals surface area contributed by atoms with Crippen molar-refractivity contribution in [3.63, 3.8) is 0 Å². The van der Waals surface area contributed by atoms with E-state index >= 15 is 0 Å². The summed E-state index contributed by atoms with van der Waals surface area (Å²) >= 11 is 0. The standard InChI is InChI=1S/C13H24O2/c1-3-12(10(2)14)11-5-8-15-13(9-11)6-4-7-13/h10-12,14H,3-9H2,1-2H3. The Bertz CT molecular complexity index is 209. The summed E-state index contributed by atoms with van der Waals surface area (Å²) < 4.78 is 5.92. The van der Waals surface area contributed by atoms with Crippen LogP contribution in [-0.4, -0.2) is 23.4 Å². The average Bonchev–Trinajstić information content (AvgIpc) is 2.16. The topological polar surface area (TPSA) is 29.5 Å². The Labute approximate surface area is 93.0 Å². The molecule has 0 amide bonds. The molecule has 2 rings (SSSR count). The zero-order valence-electron chi connectivity index (χ0n) is 10.0. The molecule has 2 nitrogen and oxygen atoms in total. The van der Waals surface area contributed by atoms with Crippen molar-refractivity contribution in [3.05, 3.63) is 0 Å². The van der Waals surface area contributed by atoms with Crippen LogP contribution in [0.1, 0.15) is 52.4 Å². The molecule has 3 atom stereocenters. The summed E-state index contributed by atoms with van der Waals surface area (Å²) in [5.41, 5.74) is 0.227. The molecular formula is C13H24O2. The van der Waals surface area contributed by atoms with E-state index in [1.165, 1.54) is 25.7 Å². The fourth-order valence-corrected chi connectivity index (χ4v) is 3.42. The minimum atomic E-state index is -0.157. The normalized spacial score (nSPS) is 33.4. The quantitative estimate of drug-likeness (QED) is 0.779. The largest absolute Gasteiger partial charge is 0.393 e. The van der Waals surface area contributed by atoms with E-state index in [2.05, 4.69) is 6.92 Å². The van der Waals surface area contributed by atoms with Crippen LogP contribution in [0.4, 0.5) is 0 Å². The van der Waals surface area contributed by atoms with E-state index in [4.69, 9.17) is 4.74 Å². The molecule has 2 aliphatic rings. The maximum Gasteiger partial charge on any atom is 0.0685 e. The third kappa shape index (κ3) is 2.21. The first-order chi connectivity index (χ1) is 7.17. The lowest BCUT2D eigenvalue weighted by Crippen LogP contribution is -2.47. The zero-order chi connectivity index (χ0) is 10.9. The van der Waals surface area contributed by atoms with Gasteiger partial charge >= 0.3 is 0 Å². The van der Waals surface area contributed by atoms with E-state index in [1.807, 2.05) is 6.92 Å². The molecule has 0 aromatic rings. The highest BCUT2D eigenvalue weighted by Gasteiger charge is 2.44. The van der Waals surface area contributed by atoms with Gasteiger partial charge in [0.1, 0.15) is 0 Å². The highest BCUT2D eigenvalue weighted by molar-refractivity contribution is 4.95. The summed E-state index contributed by atoms with van der Waals surface area (Å²) in [4.78, 5) is 0. The van der Waals surface area contributed by atoms with E-state index in [0.717, 1.165) is 19.4 Å². The van der Waals surface area contributed by atoms with Gasteiger partial charge in [0.2, 0.25) is 0 Å². The molecule has 1 aliphatic heterocycles. The maximum atomic E-state index is 9.78. The molecule has 2 fully saturated rings. The van der Waals surface area contributed by atoms with Crippen LogP contribution in [0.2, 0.25) is 0 Å². The number of ether oxygens (including phenoxy) is 1. The Morgan fingerprint density at radius 2 is 2.20 bits per heavy atom. The molecule has 1 heterocycles. The second-order valence-electron chi connectivity index (χ2n) is 5.45. The molecular weight excluding hydrogens is 188 g/mol. The lowest BCUT2D eigenvalue weighted by molar-refractivity contribution is -0.155. The second-order valence-corrected chi connectivity index (χ2v) is 5.45. The van der Waals surface area contributed by atoms with Gasteiger partial charge in [0.25, 0.3) is 0 Å². The van der Waals surface area contributed by atoms with Crippen LogP contribution in [0, 0.1) is 11.8 Å². The Balaban J connectivity index is 1.96. The molecule has 1 spiro atoms. The number of hydrogen-bond acceptors (Lipinski definition) is 2. The first-order valence-electron chi connectivity index (χ1n) is 6.49. The van der Waals surface area contributed by atoms with Crippen LogP contribution in [0.25, 0.3) is 0 Å². The van der Waals surface area contributed by atoms with E-state index in [1.54, 1.807) is 0 Å². The van der Waals surface area contributed by atoms with Crippen molar-refractivity contribution in [1.29, 1.82) is 0 Å². The van der Waals surface area contributed by atoms with Crippen molar-refractivity contribution >= 4 is 0 Å². The molecule has 1 saturated heterocycles. The predicted molar refractivity (Wildman–Crippen MR) is 60.7 cm³/mol. The molecule has 1 saturated carbocycles.